The largest absolute Gasteiger partial charge is 0.463 e. The minimum Gasteiger partial charge on any atom is -0.463 e. The van der Waals surface area contributed by atoms with E-state index in [4.69, 9.17) is 35.3 Å². The second-order valence-corrected chi connectivity index (χ2v) is 9.04. The molecule has 1 aliphatic heterocycles. The molecule has 0 saturated carbocycles. The molecule has 3 aromatic carbocycles. The van der Waals surface area contributed by atoms with Crippen LogP contribution in [0.4, 0.5) is 0 Å². The van der Waals surface area contributed by atoms with Crippen LogP contribution in [0.15, 0.2) is 91.0 Å². The first-order valence-electron chi connectivity index (χ1n) is 12.0. The van der Waals surface area contributed by atoms with Crippen molar-refractivity contribution in [3.63, 3.8) is 0 Å². The maximum absolute atomic E-state index is 11.6. The van der Waals surface area contributed by atoms with Gasteiger partial charge in [-0.2, -0.15) is 0 Å². The molecule has 1 heterocycles. The number of benzene rings is 3. The molecule has 0 spiro atoms. The third kappa shape index (κ3) is 7.63. The van der Waals surface area contributed by atoms with E-state index >= 15 is 0 Å². The molecule has 36 heavy (non-hydrogen) atoms. The summed E-state index contributed by atoms with van der Waals surface area (Å²) in [6, 6.07) is 29.5. The standard InChI is InChI=1S/C29H31ClO6/c1-21(31)32-20-25-26(33-17-22-11-5-2-6-12-22)27(34-18-23-13-7-3-8-14-23)28(29(30)36-25)35-19-24-15-9-4-10-16-24/h2-16,25-29H,17-20H2,1H3/t25?,26-,27?,28?,29+/m1/s1. The molecule has 6 nitrogen and oxygen atoms in total. The molecule has 0 bridgehead atoms. The lowest BCUT2D eigenvalue weighted by molar-refractivity contribution is -0.255. The number of rotatable bonds is 11. The van der Waals surface area contributed by atoms with E-state index in [2.05, 4.69) is 0 Å². The van der Waals surface area contributed by atoms with E-state index in [1.165, 1.54) is 6.92 Å². The maximum Gasteiger partial charge on any atom is 0.302 e. The van der Waals surface area contributed by atoms with E-state index < -0.39 is 35.9 Å². The van der Waals surface area contributed by atoms with Gasteiger partial charge in [-0.3, -0.25) is 4.79 Å². The molecule has 3 aromatic rings. The highest BCUT2D eigenvalue weighted by Crippen LogP contribution is 2.32. The Labute approximate surface area is 217 Å². The van der Waals surface area contributed by atoms with Crippen molar-refractivity contribution < 1.29 is 28.5 Å². The van der Waals surface area contributed by atoms with Gasteiger partial charge in [-0.15, -0.1) is 0 Å². The molecular weight excluding hydrogens is 480 g/mol. The van der Waals surface area contributed by atoms with Gasteiger partial charge in [0.25, 0.3) is 0 Å². The average Bonchev–Trinajstić information content (AvgIpc) is 2.91. The Balaban J connectivity index is 1.57. The van der Waals surface area contributed by atoms with Crippen LogP contribution in [-0.2, 0) is 48.3 Å². The predicted octanol–water partition coefficient (Wildman–Crippen LogP) is 5.27. The first kappa shape index (κ1) is 26.3. The zero-order valence-corrected chi connectivity index (χ0v) is 21.0. The van der Waals surface area contributed by atoms with Crippen LogP contribution in [0.3, 0.4) is 0 Å². The zero-order valence-electron chi connectivity index (χ0n) is 20.2. The molecular formula is C29H31ClO6. The molecule has 0 aliphatic carbocycles. The van der Waals surface area contributed by atoms with Crippen molar-refractivity contribution in [3.05, 3.63) is 108 Å². The Morgan fingerprint density at radius 2 is 1.11 bits per heavy atom. The molecule has 4 rings (SSSR count). The number of esters is 1. The van der Waals surface area contributed by atoms with Crippen LogP contribution < -0.4 is 0 Å². The van der Waals surface area contributed by atoms with Crippen LogP contribution in [0.5, 0.6) is 0 Å². The zero-order chi connectivity index (χ0) is 25.2. The van der Waals surface area contributed by atoms with E-state index in [9.17, 15) is 4.79 Å². The minimum absolute atomic E-state index is 0.00535. The summed E-state index contributed by atoms with van der Waals surface area (Å²) in [5, 5.41) is 0. The van der Waals surface area contributed by atoms with Gasteiger partial charge >= 0.3 is 5.97 Å². The van der Waals surface area contributed by atoms with Crippen LogP contribution in [0.25, 0.3) is 0 Å². The van der Waals surface area contributed by atoms with Crippen LogP contribution in [0.1, 0.15) is 23.6 Å². The van der Waals surface area contributed by atoms with E-state index in [0.29, 0.717) is 19.8 Å². The number of carbonyl (C=O) groups excluding carboxylic acids is 1. The van der Waals surface area contributed by atoms with Crippen molar-refractivity contribution >= 4 is 17.6 Å². The van der Waals surface area contributed by atoms with Crippen LogP contribution >= 0.6 is 11.6 Å². The Bertz CT molecular complexity index is 1050. The second-order valence-electron chi connectivity index (χ2n) is 8.61. The Kier molecular flexibility index (Phi) is 9.90. The molecule has 0 aromatic heterocycles. The monoisotopic (exact) mass is 510 g/mol. The fraction of sp³-hybridized carbons (Fsp3) is 0.345. The van der Waals surface area contributed by atoms with Gasteiger partial charge in [-0.25, -0.2) is 0 Å². The highest BCUT2D eigenvalue weighted by atomic mass is 35.5. The van der Waals surface area contributed by atoms with Gasteiger partial charge in [0.05, 0.1) is 19.8 Å². The lowest BCUT2D eigenvalue weighted by Crippen LogP contribution is -2.59. The SMILES string of the molecule is CC(=O)OCC1O[C@H](Cl)C(OCc2ccccc2)C(OCc2ccccc2)[C@@H]1OCc1ccccc1. The average molecular weight is 511 g/mol. The number of ether oxygens (including phenoxy) is 5. The molecule has 0 N–H and O–H groups in total. The molecule has 1 saturated heterocycles. The van der Waals surface area contributed by atoms with Crippen molar-refractivity contribution in [1.29, 1.82) is 0 Å². The summed E-state index contributed by atoms with van der Waals surface area (Å²) < 4.78 is 30.4. The molecule has 3 unspecified atom stereocenters. The smallest absolute Gasteiger partial charge is 0.302 e. The topological polar surface area (TPSA) is 63.2 Å². The summed E-state index contributed by atoms with van der Waals surface area (Å²) in [5.41, 5.74) is 2.19. The fourth-order valence-corrected chi connectivity index (χ4v) is 4.41. The Morgan fingerprint density at radius 1 is 0.694 bits per heavy atom. The molecule has 7 heteroatoms. The van der Waals surface area contributed by atoms with Crippen molar-refractivity contribution in [1.82, 2.24) is 0 Å². The molecule has 0 radical (unpaired) electrons. The van der Waals surface area contributed by atoms with E-state index in [-0.39, 0.29) is 6.61 Å². The lowest BCUT2D eigenvalue weighted by atomic mass is 9.99. The van der Waals surface area contributed by atoms with Gasteiger partial charge in [0.15, 0.2) is 5.56 Å². The van der Waals surface area contributed by atoms with E-state index in [1.54, 1.807) is 0 Å². The normalized spacial score (nSPS) is 23.8. The van der Waals surface area contributed by atoms with Gasteiger partial charge in [-0.1, -0.05) is 103 Å². The maximum atomic E-state index is 11.6. The van der Waals surface area contributed by atoms with Crippen molar-refractivity contribution in [3.8, 4) is 0 Å². The summed E-state index contributed by atoms with van der Waals surface area (Å²) in [5.74, 6) is -0.407. The fourth-order valence-electron chi connectivity index (χ4n) is 4.07. The molecule has 1 fully saturated rings. The Hall–Kier alpha value is -2.74. The predicted molar refractivity (Wildman–Crippen MR) is 136 cm³/mol. The third-order valence-corrected chi connectivity index (χ3v) is 6.24. The second kappa shape index (κ2) is 13.5. The highest BCUT2D eigenvalue weighted by molar-refractivity contribution is 6.20. The molecule has 1 aliphatic rings. The third-order valence-electron chi connectivity index (χ3n) is 5.88. The van der Waals surface area contributed by atoms with Gasteiger partial charge in [-0.05, 0) is 16.7 Å². The number of carbonyl (C=O) groups is 1. The first-order valence-corrected chi connectivity index (χ1v) is 12.4. The summed E-state index contributed by atoms with van der Waals surface area (Å²) >= 11 is 6.69. The van der Waals surface area contributed by atoms with Gasteiger partial charge in [0.2, 0.25) is 0 Å². The molecule has 0 amide bonds. The molecule has 5 atom stereocenters. The number of hydrogen-bond acceptors (Lipinski definition) is 6. The quantitative estimate of drug-likeness (QED) is 0.259. The number of halogens is 1. The van der Waals surface area contributed by atoms with Gasteiger partial charge in [0, 0.05) is 6.92 Å². The van der Waals surface area contributed by atoms with Gasteiger partial charge < -0.3 is 23.7 Å². The first-order chi connectivity index (χ1) is 17.6. The van der Waals surface area contributed by atoms with Crippen LogP contribution in [0.2, 0.25) is 0 Å². The number of hydrogen-bond donors (Lipinski definition) is 0. The minimum atomic E-state index is -0.827. The van der Waals surface area contributed by atoms with Crippen LogP contribution in [-0.4, -0.2) is 42.6 Å². The van der Waals surface area contributed by atoms with Crippen molar-refractivity contribution in [2.45, 2.75) is 56.7 Å². The lowest BCUT2D eigenvalue weighted by Gasteiger charge is -2.44. The van der Waals surface area contributed by atoms with Crippen LogP contribution in [0, 0.1) is 0 Å². The summed E-state index contributed by atoms with van der Waals surface area (Å²) in [6.07, 6.45) is -2.42. The van der Waals surface area contributed by atoms with E-state index in [0.717, 1.165) is 16.7 Å². The van der Waals surface area contributed by atoms with E-state index in [1.807, 2.05) is 91.0 Å². The van der Waals surface area contributed by atoms with Crippen molar-refractivity contribution in [2.75, 3.05) is 6.61 Å². The highest BCUT2D eigenvalue weighted by Gasteiger charge is 2.48. The summed E-state index contributed by atoms with van der Waals surface area (Å²) in [7, 11) is 0. The summed E-state index contributed by atoms with van der Waals surface area (Å²) in [4.78, 5) is 11.6. The van der Waals surface area contributed by atoms with Crippen molar-refractivity contribution in [2.24, 2.45) is 0 Å². The Morgan fingerprint density at radius 3 is 1.56 bits per heavy atom. The number of alkyl halides is 1. The summed E-state index contributed by atoms with van der Waals surface area (Å²) in [6.45, 7) is 2.36. The van der Waals surface area contributed by atoms with Gasteiger partial charge in [0.1, 0.15) is 31.0 Å². The molecule has 190 valence electrons.